The van der Waals surface area contributed by atoms with Crippen LogP contribution in [0.3, 0.4) is 0 Å². The van der Waals surface area contributed by atoms with Gasteiger partial charge < -0.3 is 24.4 Å². The Morgan fingerprint density at radius 2 is 1.80 bits per heavy atom. The minimum atomic E-state index is -0.178. The maximum atomic E-state index is 12.1. The number of benzene rings is 1. The fraction of sp³-hybridized carbons (Fsp3) is 0.526. The third-order valence-corrected chi connectivity index (χ3v) is 3.69. The number of hydrogen-bond donors (Lipinski definition) is 1. The summed E-state index contributed by atoms with van der Waals surface area (Å²) >= 11 is 0. The first-order chi connectivity index (χ1) is 12.0. The van der Waals surface area contributed by atoms with E-state index in [4.69, 9.17) is 14.2 Å². The van der Waals surface area contributed by atoms with Crippen LogP contribution in [0, 0.1) is 0 Å². The van der Waals surface area contributed by atoms with Crippen molar-refractivity contribution in [3.05, 3.63) is 23.8 Å². The van der Waals surface area contributed by atoms with Crippen molar-refractivity contribution in [3.63, 3.8) is 0 Å². The van der Waals surface area contributed by atoms with Gasteiger partial charge in [0.05, 0.1) is 37.8 Å². The number of carbonyl (C=O) groups excluding carboxylic acids is 1. The van der Waals surface area contributed by atoms with Crippen molar-refractivity contribution < 1.29 is 19.0 Å². The number of anilines is 2. The summed E-state index contributed by atoms with van der Waals surface area (Å²) in [7, 11) is 0. The zero-order valence-electron chi connectivity index (χ0n) is 15.6. The van der Waals surface area contributed by atoms with E-state index in [1.807, 2.05) is 39.8 Å². The molecule has 0 aliphatic carbocycles. The Morgan fingerprint density at radius 3 is 2.40 bits per heavy atom. The fourth-order valence-electron chi connectivity index (χ4n) is 2.68. The molecule has 0 unspecified atom stereocenters. The maximum absolute atomic E-state index is 12.1. The van der Waals surface area contributed by atoms with Gasteiger partial charge in [-0.2, -0.15) is 0 Å². The second-order valence-electron chi connectivity index (χ2n) is 5.99. The molecule has 1 heterocycles. The molecule has 25 heavy (non-hydrogen) atoms. The van der Waals surface area contributed by atoms with Gasteiger partial charge in [-0.05, 0) is 27.7 Å². The smallest absolute Gasteiger partial charge is 0.248 e. The Kier molecular flexibility index (Phi) is 7.13. The Balaban J connectivity index is 2.38. The number of amides is 1. The van der Waals surface area contributed by atoms with E-state index in [1.165, 1.54) is 0 Å². The number of hydrogen-bond acceptors (Lipinski definition) is 5. The molecule has 0 saturated carbocycles. The van der Waals surface area contributed by atoms with Crippen LogP contribution in [0.4, 0.5) is 11.4 Å². The molecule has 1 saturated heterocycles. The zero-order chi connectivity index (χ0) is 18.2. The summed E-state index contributed by atoms with van der Waals surface area (Å²) in [4.78, 5) is 14.3. The molecular weight excluding hydrogens is 320 g/mol. The highest BCUT2D eigenvalue weighted by atomic mass is 16.5. The molecule has 1 aromatic rings. The van der Waals surface area contributed by atoms with Gasteiger partial charge in [-0.25, -0.2) is 0 Å². The van der Waals surface area contributed by atoms with Crippen molar-refractivity contribution in [2.24, 2.45) is 0 Å². The van der Waals surface area contributed by atoms with Gasteiger partial charge in [-0.1, -0.05) is 5.57 Å². The van der Waals surface area contributed by atoms with E-state index in [2.05, 4.69) is 10.2 Å². The number of rotatable bonds is 7. The van der Waals surface area contributed by atoms with E-state index in [0.29, 0.717) is 37.9 Å². The highest BCUT2D eigenvalue weighted by Gasteiger charge is 2.20. The molecule has 2 rings (SSSR count). The molecule has 0 aromatic heterocycles. The van der Waals surface area contributed by atoms with E-state index in [0.717, 1.165) is 30.1 Å². The van der Waals surface area contributed by atoms with E-state index >= 15 is 0 Å². The van der Waals surface area contributed by atoms with Gasteiger partial charge in [0.15, 0.2) is 0 Å². The van der Waals surface area contributed by atoms with Crippen LogP contribution in [0.5, 0.6) is 11.5 Å². The van der Waals surface area contributed by atoms with Crippen LogP contribution in [-0.4, -0.2) is 45.4 Å². The third-order valence-electron chi connectivity index (χ3n) is 3.69. The summed E-state index contributed by atoms with van der Waals surface area (Å²) in [6, 6.07) is 3.79. The fourth-order valence-corrected chi connectivity index (χ4v) is 2.68. The van der Waals surface area contributed by atoms with Crippen LogP contribution in [0.25, 0.3) is 0 Å². The lowest BCUT2D eigenvalue weighted by Crippen LogP contribution is -2.36. The van der Waals surface area contributed by atoms with Crippen molar-refractivity contribution in [1.82, 2.24) is 0 Å². The predicted octanol–water partition coefficient (Wildman–Crippen LogP) is 3.23. The summed E-state index contributed by atoms with van der Waals surface area (Å²) < 4.78 is 17.0. The molecule has 138 valence electrons. The number of carbonyl (C=O) groups is 1. The minimum Gasteiger partial charge on any atom is -0.492 e. The molecular formula is C19H28N2O4. The number of nitrogens with one attached hydrogen (secondary N) is 1. The summed E-state index contributed by atoms with van der Waals surface area (Å²) in [6.07, 6.45) is 1.56. The van der Waals surface area contributed by atoms with E-state index in [1.54, 1.807) is 6.08 Å². The van der Waals surface area contributed by atoms with Gasteiger partial charge in [0.1, 0.15) is 11.5 Å². The van der Waals surface area contributed by atoms with Crippen molar-refractivity contribution in [3.8, 4) is 11.5 Å². The zero-order valence-corrected chi connectivity index (χ0v) is 15.6. The summed E-state index contributed by atoms with van der Waals surface area (Å²) in [6.45, 7) is 11.7. The molecule has 1 fully saturated rings. The van der Waals surface area contributed by atoms with Crippen LogP contribution >= 0.6 is 0 Å². The normalized spacial score (nSPS) is 14.0. The van der Waals surface area contributed by atoms with Gasteiger partial charge in [-0.15, -0.1) is 0 Å². The first-order valence-electron chi connectivity index (χ1n) is 8.77. The summed E-state index contributed by atoms with van der Waals surface area (Å²) in [5.74, 6) is 1.20. The highest BCUT2D eigenvalue weighted by Crippen LogP contribution is 2.39. The first kappa shape index (κ1) is 19.1. The topological polar surface area (TPSA) is 60.0 Å². The summed E-state index contributed by atoms with van der Waals surface area (Å²) in [5, 5.41) is 2.89. The molecule has 0 spiro atoms. The van der Waals surface area contributed by atoms with Crippen LogP contribution in [-0.2, 0) is 9.53 Å². The molecule has 0 radical (unpaired) electrons. The van der Waals surface area contributed by atoms with Gasteiger partial charge in [-0.3, -0.25) is 4.79 Å². The third kappa shape index (κ3) is 5.39. The number of morpholine rings is 1. The lowest BCUT2D eigenvalue weighted by Gasteiger charge is -2.31. The van der Waals surface area contributed by atoms with Gasteiger partial charge in [0.25, 0.3) is 0 Å². The Morgan fingerprint density at radius 1 is 1.16 bits per heavy atom. The average Bonchev–Trinajstić information content (AvgIpc) is 2.57. The Labute approximate surface area is 149 Å². The highest BCUT2D eigenvalue weighted by molar-refractivity contribution is 6.01. The van der Waals surface area contributed by atoms with Crippen LogP contribution < -0.4 is 19.7 Å². The molecule has 0 bridgehead atoms. The largest absolute Gasteiger partial charge is 0.492 e. The molecule has 1 aliphatic rings. The number of allylic oxidation sites excluding steroid dienone is 1. The minimum absolute atomic E-state index is 0.178. The number of ether oxygens (including phenoxy) is 3. The quantitative estimate of drug-likeness (QED) is 0.767. The van der Waals surface area contributed by atoms with E-state index < -0.39 is 0 Å². The lowest BCUT2D eigenvalue weighted by atomic mass is 10.2. The van der Waals surface area contributed by atoms with Crippen molar-refractivity contribution in [2.75, 3.05) is 49.7 Å². The molecule has 0 atom stereocenters. The second kappa shape index (κ2) is 9.32. The SMILES string of the molecule is CCOc1cc(N2CCOCC2)c(OCC)cc1NC(=O)C=C(C)C. The van der Waals surface area contributed by atoms with Crippen LogP contribution in [0.2, 0.25) is 0 Å². The van der Waals surface area contributed by atoms with Gasteiger partial charge in [0, 0.05) is 31.3 Å². The monoisotopic (exact) mass is 348 g/mol. The number of nitrogens with zero attached hydrogens (tertiary/aromatic N) is 1. The summed E-state index contributed by atoms with van der Waals surface area (Å²) in [5.41, 5.74) is 2.52. The molecule has 1 aromatic carbocycles. The molecule has 1 amide bonds. The van der Waals surface area contributed by atoms with Crippen molar-refractivity contribution in [1.29, 1.82) is 0 Å². The molecule has 1 aliphatic heterocycles. The predicted molar refractivity (Wildman–Crippen MR) is 99.9 cm³/mol. The van der Waals surface area contributed by atoms with Gasteiger partial charge >= 0.3 is 0 Å². The van der Waals surface area contributed by atoms with Crippen LogP contribution in [0.15, 0.2) is 23.8 Å². The van der Waals surface area contributed by atoms with Crippen molar-refractivity contribution in [2.45, 2.75) is 27.7 Å². The van der Waals surface area contributed by atoms with Crippen LogP contribution in [0.1, 0.15) is 27.7 Å². The van der Waals surface area contributed by atoms with Crippen molar-refractivity contribution >= 4 is 17.3 Å². The second-order valence-corrected chi connectivity index (χ2v) is 5.99. The van der Waals surface area contributed by atoms with Gasteiger partial charge in [0.2, 0.25) is 5.91 Å². The Hall–Kier alpha value is -2.21. The molecule has 6 nitrogen and oxygen atoms in total. The average molecular weight is 348 g/mol. The molecule has 6 heteroatoms. The molecule has 1 N–H and O–H groups in total. The maximum Gasteiger partial charge on any atom is 0.248 e. The first-order valence-corrected chi connectivity index (χ1v) is 8.77. The Bertz CT molecular complexity index is 618. The standard InChI is InChI=1S/C19H28N2O4/c1-5-24-17-13-16(21-7-9-23-10-8-21)18(25-6-2)12-15(17)20-19(22)11-14(3)4/h11-13H,5-10H2,1-4H3,(H,20,22). The van der Waals surface area contributed by atoms with E-state index in [9.17, 15) is 4.79 Å². The van der Waals surface area contributed by atoms with E-state index in [-0.39, 0.29) is 5.91 Å². The lowest BCUT2D eigenvalue weighted by molar-refractivity contribution is -0.112.